The maximum absolute atomic E-state index is 14.5. The maximum Gasteiger partial charge on any atom is 0.263 e. The van der Waals surface area contributed by atoms with E-state index >= 15 is 0 Å². The lowest BCUT2D eigenvalue weighted by Crippen LogP contribution is -2.16. The van der Waals surface area contributed by atoms with Gasteiger partial charge in [0.15, 0.2) is 5.65 Å². The highest BCUT2D eigenvalue weighted by Crippen LogP contribution is 2.25. The molecule has 0 aliphatic carbocycles. The molecule has 0 radical (unpaired) electrons. The highest BCUT2D eigenvalue weighted by atomic mass is 32.2. The fraction of sp³-hybridized carbons (Fsp3) is 0.118. The average Bonchev–Trinajstić information content (AvgIpc) is 3.20. The second-order valence-electron chi connectivity index (χ2n) is 6.04. The molecule has 10 heteroatoms. The zero-order valence-electron chi connectivity index (χ0n) is 14.5. The summed E-state index contributed by atoms with van der Waals surface area (Å²) in [5.41, 5.74) is 2.04. The van der Waals surface area contributed by atoms with E-state index in [0.717, 1.165) is 6.07 Å². The minimum absolute atomic E-state index is 0.193. The molecule has 1 N–H and O–H groups in total. The van der Waals surface area contributed by atoms with E-state index in [1.165, 1.54) is 35.1 Å². The van der Waals surface area contributed by atoms with E-state index < -0.39 is 15.8 Å². The van der Waals surface area contributed by atoms with Gasteiger partial charge in [0.2, 0.25) is 0 Å². The SMILES string of the molecule is Cc1cc2nccc(NS(=O)(=O)c3ccc(-c4cnn(C)c4)c(F)c3)n2n1. The van der Waals surface area contributed by atoms with Crippen LogP contribution in [0, 0.1) is 12.7 Å². The standard InChI is InChI=1S/C17H15FN6O2S/c1-11-7-17-19-6-5-16(24(17)21-11)22-27(25,26)13-3-4-14(15(18)8-13)12-9-20-23(2)10-12/h3-10,22H,1-2H3. The molecule has 3 aromatic heterocycles. The summed E-state index contributed by atoms with van der Waals surface area (Å²) in [7, 11) is -2.29. The second-order valence-corrected chi connectivity index (χ2v) is 7.72. The number of nitrogens with zero attached hydrogens (tertiary/aromatic N) is 5. The lowest BCUT2D eigenvalue weighted by molar-refractivity contribution is 0.595. The Bertz CT molecular complexity index is 1260. The molecule has 0 fully saturated rings. The van der Waals surface area contributed by atoms with Gasteiger partial charge in [0, 0.05) is 36.6 Å². The van der Waals surface area contributed by atoms with E-state index in [4.69, 9.17) is 0 Å². The van der Waals surface area contributed by atoms with Gasteiger partial charge >= 0.3 is 0 Å². The van der Waals surface area contributed by atoms with Crippen molar-refractivity contribution in [3.63, 3.8) is 0 Å². The summed E-state index contributed by atoms with van der Waals surface area (Å²) in [6.45, 7) is 1.78. The van der Waals surface area contributed by atoms with E-state index in [-0.39, 0.29) is 16.3 Å². The summed E-state index contributed by atoms with van der Waals surface area (Å²) >= 11 is 0. The van der Waals surface area contributed by atoms with Crippen LogP contribution in [-0.2, 0) is 17.1 Å². The molecule has 0 spiro atoms. The molecular weight excluding hydrogens is 371 g/mol. The van der Waals surface area contributed by atoms with Gasteiger partial charge in [-0.05, 0) is 31.2 Å². The highest BCUT2D eigenvalue weighted by molar-refractivity contribution is 7.92. The maximum atomic E-state index is 14.5. The first-order chi connectivity index (χ1) is 12.8. The van der Waals surface area contributed by atoms with E-state index in [1.807, 2.05) is 0 Å². The van der Waals surface area contributed by atoms with Crippen molar-refractivity contribution in [2.24, 2.45) is 7.05 Å². The highest BCUT2D eigenvalue weighted by Gasteiger charge is 2.19. The van der Waals surface area contributed by atoms with E-state index in [0.29, 0.717) is 16.9 Å². The van der Waals surface area contributed by atoms with Crippen LogP contribution in [0.3, 0.4) is 0 Å². The second kappa shape index (κ2) is 6.16. The third-order valence-corrected chi connectivity index (χ3v) is 5.34. The summed E-state index contributed by atoms with van der Waals surface area (Å²) in [5.74, 6) is -0.439. The Labute approximate surface area is 154 Å². The van der Waals surface area contributed by atoms with Crippen molar-refractivity contribution < 1.29 is 12.8 Å². The van der Waals surface area contributed by atoms with Crippen LogP contribution in [-0.4, -0.2) is 32.8 Å². The van der Waals surface area contributed by atoms with Crippen molar-refractivity contribution in [2.45, 2.75) is 11.8 Å². The molecule has 3 heterocycles. The quantitative estimate of drug-likeness (QED) is 0.581. The number of aromatic nitrogens is 5. The van der Waals surface area contributed by atoms with Crippen LogP contribution in [0.25, 0.3) is 16.8 Å². The molecule has 0 saturated heterocycles. The first-order valence-corrected chi connectivity index (χ1v) is 9.44. The van der Waals surface area contributed by atoms with Crippen LogP contribution in [0.5, 0.6) is 0 Å². The van der Waals surface area contributed by atoms with Gasteiger partial charge in [0.05, 0.1) is 16.8 Å². The lowest BCUT2D eigenvalue weighted by atomic mass is 10.1. The molecule has 4 aromatic rings. The van der Waals surface area contributed by atoms with Crippen LogP contribution in [0.1, 0.15) is 5.69 Å². The van der Waals surface area contributed by atoms with Crippen LogP contribution < -0.4 is 4.72 Å². The molecule has 138 valence electrons. The fourth-order valence-corrected chi connectivity index (χ4v) is 3.79. The molecule has 0 saturated carbocycles. The Morgan fingerprint density at radius 3 is 2.70 bits per heavy atom. The number of anilines is 1. The van der Waals surface area contributed by atoms with Crippen molar-refractivity contribution in [1.29, 1.82) is 0 Å². The molecule has 8 nitrogen and oxygen atoms in total. The molecular formula is C17H15FN6O2S. The number of fused-ring (bicyclic) bond motifs is 1. The Kier molecular flexibility index (Phi) is 3.92. The average molecular weight is 386 g/mol. The summed E-state index contributed by atoms with van der Waals surface area (Å²) < 4.78 is 45.3. The predicted molar refractivity (Wildman–Crippen MR) is 97.1 cm³/mol. The smallest absolute Gasteiger partial charge is 0.263 e. The van der Waals surface area contributed by atoms with Crippen LogP contribution >= 0.6 is 0 Å². The Morgan fingerprint density at radius 1 is 1.19 bits per heavy atom. The number of rotatable bonds is 4. The van der Waals surface area contributed by atoms with Gasteiger partial charge in [-0.2, -0.15) is 14.7 Å². The molecule has 4 rings (SSSR count). The van der Waals surface area contributed by atoms with Gasteiger partial charge in [-0.3, -0.25) is 9.40 Å². The van der Waals surface area contributed by atoms with Crippen LogP contribution in [0.15, 0.2) is 53.8 Å². The Hall–Kier alpha value is -3.27. The topological polar surface area (TPSA) is 94.2 Å². The first kappa shape index (κ1) is 17.2. The largest absolute Gasteiger partial charge is 0.275 e. The minimum atomic E-state index is -4.01. The Balaban J connectivity index is 1.70. The van der Waals surface area contributed by atoms with Gasteiger partial charge in [-0.15, -0.1) is 0 Å². The van der Waals surface area contributed by atoms with Crippen LogP contribution in [0.2, 0.25) is 0 Å². The fourth-order valence-electron chi connectivity index (χ4n) is 2.74. The van der Waals surface area contributed by atoms with Crippen molar-refractivity contribution in [1.82, 2.24) is 24.4 Å². The van der Waals surface area contributed by atoms with Crippen LogP contribution in [0.4, 0.5) is 10.2 Å². The third kappa shape index (κ3) is 3.14. The third-order valence-electron chi connectivity index (χ3n) is 3.99. The van der Waals surface area contributed by atoms with Gasteiger partial charge in [0.25, 0.3) is 10.0 Å². The number of aryl methyl sites for hydroxylation is 2. The van der Waals surface area contributed by atoms with Gasteiger partial charge in [0.1, 0.15) is 11.6 Å². The van der Waals surface area contributed by atoms with Gasteiger partial charge in [-0.1, -0.05) is 0 Å². The van der Waals surface area contributed by atoms with E-state index in [1.54, 1.807) is 30.9 Å². The molecule has 0 bridgehead atoms. The van der Waals surface area contributed by atoms with Crippen molar-refractivity contribution >= 4 is 21.5 Å². The lowest BCUT2D eigenvalue weighted by Gasteiger charge is -2.10. The summed E-state index contributed by atoms with van der Waals surface area (Å²) in [6.07, 6.45) is 4.64. The molecule has 27 heavy (non-hydrogen) atoms. The van der Waals surface area contributed by atoms with Gasteiger partial charge < -0.3 is 0 Å². The number of nitrogens with one attached hydrogen (secondary N) is 1. The van der Waals surface area contributed by atoms with Crippen molar-refractivity contribution in [3.8, 4) is 11.1 Å². The molecule has 0 aliphatic heterocycles. The summed E-state index contributed by atoms with van der Waals surface area (Å²) in [4.78, 5) is 3.93. The molecule has 0 unspecified atom stereocenters. The zero-order chi connectivity index (χ0) is 19.2. The number of benzene rings is 1. The predicted octanol–water partition coefficient (Wildman–Crippen LogP) is 2.38. The Morgan fingerprint density at radius 2 is 2.00 bits per heavy atom. The monoisotopic (exact) mass is 386 g/mol. The summed E-state index contributed by atoms with van der Waals surface area (Å²) in [5, 5.41) is 8.20. The number of hydrogen-bond acceptors (Lipinski definition) is 5. The summed E-state index contributed by atoms with van der Waals surface area (Å²) in [6, 6.07) is 6.95. The number of hydrogen-bond donors (Lipinski definition) is 1. The molecule has 0 aliphatic rings. The molecule has 0 atom stereocenters. The minimum Gasteiger partial charge on any atom is -0.275 e. The van der Waals surface area contributed by atoms with E-state index in [9.17, 15) is 12.8 Å². The molecule has 0 amide bonds. The van der Waals surface area contributed by atoms with Gasteiger partial charge in [-0.25, -0.2) is 17.8 Å². The van der Waals surface area contributed by atoms with E-state index in [2.05, 4.69) is 19.9 Å². The number of halogens is 1. The molecule has 1 aromatic carbocycles. The van der Waals surface area contributed by atoms with Crippen molar-refractivity contribution in [2.75, 3.05) is 4.72 Å². The first-order valence-electron chi connectivity index (χ1n) is 7.96. The van der Waals surface area contributed by atoms with Crippen molar-refractivity contribution in [3.05, 3.63) is 60.4 Å². The normalized spacial score (nSPS) is 11.8. The zero-order valence-corrected chi connectivity index (χ0v) is 15.3. The number of sulfonamides is 1.